The summed E-state index contributed by atoms with van der Waals surface area (Å²) in [6.07, 6.45) is -8.56. The van der Waals surface area contributed by atoms with E-state index in [2.05, 4.69) is 15.3 Å². The highest BCUT2D eigenvalue weighted by atomic mass is 19.4. The highest BCUT2D eigenvalue weighted by Crippen LogP contribution is 2.38. The van der Waals surface area contributed by atoms with E-state index in [9.17, 15) is 26.3 Å². The van der Waals surface area contributed by atoms with Gasteiger partial charge in [-0.25, -0.2) is 9.97 Å². The Bertz CT molecular complexity index is 990. The molecule has 0 saturated heterocycles. The molecule has 152 valence electrons. The second kappa shape index (κ2) is 7.21. The normalized spacial score (nSPS) is 13.2. The summed E-state index contributed by atoms with van der Waals surface area (Å²) in [5.74, 6) is 0. The monoisotopic (exact) mass is 405 g/mol. The lowest BCUT2D eigenvalue weighted by Gasteiger charge is -2.14. The van der Waals surface area contributed by atoms with Crippen LogP contribution in [0.15, 0.2) is 24.4 Å². The van der Waals surface area contributed by atoms with Gasteiger partial charge in [-0.3, -0.25) is 4.40 Å². The third-order valence-corrected chi connectivity index (χ3v) is 4.09. The Balaban J connectivity index is 2.09. The Morgan fingerprint density at radius 1 is 1.04 bits per heavy atom. The van der Waals surface area contributed by atoms with Gasteiger partial charge in [-0.1, -0.05) is 0 Å². The molecule has 0 atom stereocenters. The van der Waals surface area contributed by atoms with Crippen LogP contribution in [-0.2, 0) is 18.9 Å². The molecule has 0 aliphatic carbocycles. The topological polar surface area (TPSA) is 45.5 Å². The van der Waals surface area contributed by atoms with Gasteiger partial charge in [-0.05, 0) is 32.3 Å². The van der Waals surface area contributed by atoms with Gasteiger partial charge in [0.2, 0.25) is 0 Å². The Hall–Kier alpha value is -2.40. The van der Waals surface area contributed by atoms with Gasteiger partial charge in [0.1, 0.15) is 17.0 Å². The highest BCUT2D eigenvalue weighted by molar-refractivity contribution is 5.83. The number of nitrogens with one attached hydrogen (secondary N) is 1. The molecule has 28 heavy (non-hydrogen) atoms. The third-order valence-electron chi connectivity index (χ3n) is 4.09. The van der Waals surface area contributed by atoms with Crippen LogP contribution in [0.4, 0.5) is 26.3 Å². The number of pyridine rings is 2. The molecule has 3 rings (SSSR count). The van der Waals surface area contributed by atoms with E-state index in [0.717, 1.165) is 17.0 Å². The summed E-state index contributed by atoms with van der Waals surface area (Å²) in [5.41, 5.74) is -2.71. The molecule has 0 radical (unpaired) electrons. The maximum atomic E-state index is 13.3. The molecule has 1 N–H and O–H groups in total. The molecule has 0 aromatic carbocycles. The van der Waals surface area contributed by atoms with E-state index < -0.39 is 34.6 Å². The fourth-order valence-electron chi connectivity index (χ4n) is 2.76. The van der Waals surface area contributed by atoms with Gasteiger partial charge in [-0.2, -0.15) is 26.3 Å². The summed E-state index contributed by atoms with van der Waals surface area (Å²) < 4.78 is 80.4. The molecule has 5 nitrogen and oxygen atoms in total. The van der Waals surface area contributed by atoms with E-state index in [4.69, 9.17) is 0 Å². The van der Waals surface area contributed by atoms with Crippen LogP contribution in [0.25, 0.3) is 16.7 Å². The van der Waals surface area contributed by atoms with Crippen LogP contribution < -0.4 is 5.32 Å². The minimum Gasteiger partial charge on any atom is -0.310 e. The third kappa shape index (κ3) is 4.20. The van der Waals surface area contributed by atoms with Crippen molar-refractivity contribution in [2.24, 2.45) is 0 Å². The summed E-state index contributed by atoms with van der Waals surface area (Å²) in [5, 5.41) is 2.70. The predicted molar refractivity (Wildman–Crippen MR) is 90.8 cm³/mol. The zero-order valence-electron chi connectivity index (χ0n) is 15.0. The minimum atomic E-state index is -5.01. The van der Waals surface area contributed by atoms with Crippen molar-refractivity contribution in [3.63, 3.8) is 0 Å². The smallest absolute Gasteiger partial charge is 0.310 e. The minimum absolute atomic E-state index is 0.0365. The Morgan fingerprint density at radius 3 is 2.36 bits per heavy atom. The predicted octanol–water partition coefficient (Wildman–Crippen LogP) is 3.57. The SMILES string of the molecule is CN(C)CCNCc1cn2c(ccc3c(C(F)(F)F)cc(C(F)(F)F)nc32)n1. The van der Waals surface area contributed by atoms with Gasteiger partial charge < -0.3 is 10.2 Å². The number of imidazole rings is 1. The summed E-state index contributed by atoms with van der Waals surface area (Å²) in [7, 11) is 3.81. The second-order valence-electron chi connectivity index (χ2n) is 6.56. The number of fused-ring (bicyclic) bond motifs is 3. The maximum absolute atomic E-state index is 13.3. The largest absolute Gasteiger partial charge is 0.433 e. The van der Waals surface area contributed by atoms with E-state index >= 15 is 0 Å². The molecule has 0 aliphatic heterocycles. The Labute approximate surface area is 156 Å². The first kappa shape index (κ1) is 20.3. The van der Waals surface area contributed by atoms with Crippen LogP contribution in [0, 0.1) is 0 Å². The van der Waals surface area contributed by atoms with Crippen molar-refractivity contribution in [2.75, 3.05) is 27.2 Å². The van der Waals surface area contributed by atoms with E-state index in [1.807, 2.05) is 19.0 Å². The first-order valence-corrected chi connectivity index (χ1v) is 8.28. The van der Waals surface area contributed by atoms with E-state index in [1.54, 1.807) is 0 Å². The van der Waals surface area contributed by atoms with Gasteiger partial charge in [0.25, 0.3) is 0 Å². The standard InChI is InChI=1S/C17H17F6N5/c1-27(2)6-5-24-8-10-9-28-14(25-10)4-3-11-12(16(18,19)20)7-13(17(21,22)23)26-15(11)28/h3-4,7,9,24H,5-6,8H2,1-2H3. The molecule has 0 spiro atoms. The number of hydrogen-bond donors (Lipinski definition) is 1. The number of aromatic nitrogens is 3. The molecule has 3 heterocycles. The average molecular weight is 405 g/mol. The molecule has 0 unspecified atom stereocenters. The lowest BCUT2D eigenvalue weighted by atomic mass is 10.1. The second-order valence-corrected chi connectivity index (χ2v) is 6.56. The highest BCUT2D eigenvalue weighted by Gasteiger charge is 2.39. The fourth-order valence-corrected chi connectivity index (χ4v) is 2.76. The number of nitrogens with zero attached hydrogens (tertiary/aromatic N) is 4. The molecule has 0 saturated carbocycles. The summed E-state index contributed by atoms with van der Waals surface area (Å²) >= 11 is 0. The number of hydrogen-bond acceptors (Lipinski definition) is 4. The van der Waals surface area contributed by atoms with Crippen molar-refractivity contribution in [1.29, 1.82) is 0 Å². The van der Waals surface area contributed by atoms with Crippen molar-refractivity contribution in [2.45, 2.75) is 18.9 Å². The zero-order chi connectivity index (χ0) is 20.7. The van der Waals surface area contributed by atoms with E-state index in [1.165, 1.54) is 12.3 Å². The van der Waals surface area contributed by atoms with Crippen LogP contribution in [0.2, 0.25) is 0 Å². The van der Waals surface area contributed by atoms with Crippen molar-refractivity contribution < 1.29 is 26.3 Å². The van der Waals surface area contributed by atoms with Crippen molar-refractivity contribution >= 4 is 16.7 Å². The summed E-state index contributed by atoms with van der Waals surface area (Å²) in [6.45, 7) is 1.74. The molecular formula is C17H17F6N5. The van der Waals surface area contributed by atoms with Crippen molar-refractivity contribution in [1.82, 2.24) is 24.6 Å². The molecule has 0 aliphatic rings. The van der Waals surface area contributed by atoms with Gasteiger partial charge in [0, 0.05) is 31.2 Å². The van der Waals surface area contributed by atoms with Gasteiger partial charge in [-0.15, -0.1) is 0 Å². The Kier molecular flexibility index (Phi) is 5.24. The number of rotatable bonds is 5. The molecular weight excluding hydrogens is 388 g/mol. The fraction of sp³-hybridized carbons (Fsp3) is 0.412. The number of likely N-dealkylation sites (N-methyl/N-ethyl adjacent to an activating group) is 1. The molecule has 3 aromatic heterocycles. The van der Waals surface area contributed by atoms with Crippen molar-refractivity contribution in [3.8, 4) is 0 Å². The first-order valence-electron chi connectivity index (χ1n) is 8.28. The van der Waals surface area contributed by atoms with E-state index in [0.29, 0.717) is 18.8 Å². The average Bonchev–Trinajstić information content (AvgIpc) is 2.99. The van der Waals surface area contributed by atoms with Crippen LogP contribution in [-0.4, -0.2) is 46.5 Å². The van der Waals surface area contributed by atoms with Crippen LogP contribution in [0.3, 0.4) is 0 Å². The summed E-state index contributed by atoms with van der Waals surface area (Å²) in [6, 6.07) is 2.46. The number of alkyl halides is 6. The molecule has 0 bridgehead atoms. The molecule has 11 heteroatoms. The van der Waals surface area contributed by atoms with E-state index in [-0.39, 0.29) is 11.7 Å². The Morgan fingerprint density at radius 2 is 1.75 bits per heavy atom. The lowest BCUT2D eigenvalue weighted by molar-refractivity contribution is -0.144. The van der Waals surface area contributed by atoms with Gasteiger partial charge >= 0.3 is 12.4 Å². The number of halogens is 6. The zero-order valence-corrected chi connectivity index (χ0v) is 15.0. The molecule has 0 fully saturated rings. The summed E-state index contributed by atoms with van der Waals surface area (Å²) in [4.78, 5) is 9.66. The van der Waals surface area contributed by atoms with Crippen LogP contribution in [0.5, 0.6) is 0 Å². The molecule has 3 aromatic rings. The van der Waals surface area contributed by atoms with Gasteiger partial charge in [0.15, 0.2) is 0 Å². The molecule has 0 amide bonds. The van der Waals surface area contributed by atoms with Crippen LogP contribution in [0.1, 0.15) is 17.0 Å². The van der Waals surface area contributed by atoms with Gasteiger partial charge in [0.05, 0.1) is 11.3 Å². The first-order chi connectivity index (χ1) is 13.0. The quantitative estimate of drug-likeness (QED) is 0.521. The maximum Gasteiger partial charge on any atom is 0.433 e. The van der Waals surface area contributed by atoms with Crippen molar-refractivity contribution in [3.05, 3.63) is 41.3 Å². The van der Waals surface area contributed by atoms with Crippen LogP contribution >= 0.6 is 0 Å². The lowest BCUT2D eigenvalue weighted by Crippen LogP contribution is -2.26.